The molecule has 1 N–H and O–H groups in total. The van der Waals surface area contributed by atoms with Gasteiger partial charge in [-0.15, -0.1) is 0 Å². The van der Waals surface area contributed by atoms with E-state index in [1.54, 1.807) is 6.92 Å². The fourth-order valence-corrected chi connectivity index (χ4v) is 3.42. The lowest BCUT2D eigenvalue weighted by atomic mass is 10.0. The fraction of sp³-hybridized carbons (Fsp3) is 1.00. The van der Waals surface area contributed by atoms with Gasteiger partial charge >= 0.3 is 6.18 Å². The third kappa shape index (κ3) is 7.74. The van der Waals surface area contributed by atoms with Crippen molar-refractivity contribution in [3.8, 4) is 0 Å². The Hall–Kier alpha value is -0.340. The lowest BCUT2D eigenvalue weighted by Gasteiger charge is -2.34. The van der Waals surface area contributed by atoms with Gasteiger partial charge in [0, 0.05) is 18.3 Å². The van der Waals surface area contributed by atoms with E-state index in [0.29, 0.717) is 25.9 Å². The van der Waals surface area contributed by atoms with Crippen LogP contribution in [0.15, 0.2) is 0 Å². The van der Waals surface area contributed by atoms with E-state index in [4.69, 9.17) is 0 Å². The Morgan fingerprint density at radius 1 is 1.32 bits per heavy atom. The summed E-state index contributed by atoms with van der Waals surface area (Å²) < 4.78 is 58.9. The van der Waals surface area contributed by atoms with Crippen molar-refractivity contribution < 1.29 is 21.6 Å². The van der Waals surface area contributed by atoms with Crippen LogP contribution in [-0.2, 0) is 9.84 Å². The summed E-state index contributed by atoms with van der Waals surface area (Å²) in [5.41, 5.74) is 0. The molecule has 0 aromatic carbocycles. The molecule has 1 fully saturated rings. The molecular weight excluding hydrogens is 281 g/mol. The molecule has 1 saturated heterocycles. The van der Waals surface area contributed by atoms with Crippen molar-refractivity contribution in [2.24, 2.45) is 0 Å². The predicted octanol–water partition coefficient (Wildman–Crippen LogP) is 1.04. The Bertz CT molecular complexity index is 376. The van der Waals surface area contributed by atoms with Crippen molar-refractivity contribution in [2.45, 2.75) is 38.0 Å². The van der Waals surface area contributed by atoms with Crippen molar-refractivity contribution in [3.63, 3.8) is 0 Å². The lowest BCUT2D eigenvalue weighted by Crippen LogP contribution is -2.48. The van der Waals surface area contributed by atoms with E-state index >= 15 is 0 Å². The summed E-state index contributed by atoms with van der Waals surface area (Å²) in [6, 6.07) is -0.0737. The molecule has 0 aliphatic carbocycles. The van der Waals surface area contributed by atoms with Gasteiger partial charge in [-0.1, -0.05) is 0 Å². The number of alkyl halides is 3. The molecule has 0 bridgehead atoms. The summed E-state index contributed by atoms with van der Waals surface area (Å²) in [6.07, 6.45) is -1.74. The van der Waals surface area contributed by atoms with Crippen molar-refractivity contribution in [3.05, 3.63) is 0 Å². The van der Waals surface area contributed by atoms with E-state index in [-0.39, 0.29) is 17.8 Å². The maximum atomic E-state index is 12.2. The van der Waals surface area contributed by atoms with Gasteiger partial charge in [-0.05, 0) is 32.9 Å². The number of piperidine rings is 1. The molecule has 0 aromatic rings. The summed E-state index contributed by atoms with van der Waals surface area (Å²) in [4.78, 5) is 1.39. The molecule has 1 aliphatic heterocycles. The molecule has 1 atom stereocenters. The maximum Gasteiger partial charge on any atom is 0.401 e. The predicted molar refractivity (Wildman–Crippen MR) is 67.8 cm³/mol. The third-order valence-corrected chi connectivity index (χ3v) is 4.17. The monoisotopic (exact) mass is 302 g/mol. The first kappa shape index (κ1) is 16.7. The Morgan fingerprint density at radius 3 is 2.26 bits per heavy atom. The van der Waals surface area contributed by atoms with Gasteiger partial charge in [0.15, 0.2) is 0 Å². The molecule has 1 rings (SSSR count). The van der Waals surface area contributed by atoms with E-state index in [1.807, 2.05) is 0 Å². The van der Waals surface area contributed by atoms with Crippen LogP contribution in [0.5, 0.6) is 0 Å². The quantitative estimate of drug-likeness (QED) is 0.824. The molecule has 1 unspecified atom stereocenters. The van der Waals surface area contributed by atoms with Crippen LogP contribution >= 0.6 is 0 Å². The minimum Gasteiger partial charge on any atom is -0.310 e. The standard InChI is InChI=1S/C11H21F3N2O2S/c1-9(7-19(2,17)18)15-10-3-5-16(6-4-10)8-11(12,13)14/h9-10,15H,3-8H2,1-2H3. The second-order valence-corrected chi connectivity index (χ2v) is 7.51. The molecule has 1 aliphatic rings. The highest BCUT2D eigenvalue weighted by Gasteiger charge is 2.32. The number of hydrogen-bond donors (Lipinski definition) is 1. The molecule has 19 heavy (non-hydrogen) atoms. The fourth-order valence-electron chi connectivity index (χ4n) is 2.42. The smallest absolute Gasteiger partial charge is 0.310 e. The van der Waals surface area contributed by atoms with Gasteiger partial charge in [0.1, 0.15) is 9.84 Å². The molecule has 0 radical (unpaired) electrons. The number of halogens is 3. The highest BCUT2D eigenvalue weighted by molar-refractivity contribution is 7.90. The topological polar surface area (TPSA) is 49.4 Å². The zero-order valence-corrected chi connectivity index (χ0v) is 12.0. The average Bonchev–Trinajstić information content (AvgIpc) is 2.15. The first-order valence-corrected chi connectivity index (χ1v) is 8.34. The molecule has 0 spiro atoms. The van der Waals surface area contributed by atoms with Crippen molar-refractivity contribution >= 4 is 9.84 Å². The molecule has 4 nitrogen and oxygen atoms in total. The number of rotatable bonds is 5. The van der Waals surface area contributed by atoms with Gasteiger partial charge in [0.2, 0.25) is 0 Å². The van der Waals surface area contributed by atoms with Gasteiger partial charge in [0.25, 0.3) is 0 Å². The van der Waals surface area contributed by atoms with Crippen LogP contribution in [0.3, 0.4) is 0 Å². The van der Waals surface area contributed by atoms with E-state index in [0.717, 1.165) is 0 Å². The van der Waals surface area contributed by atoms with Gasteiger partial charge in [0.05, 0.1) is 12.3 Å². The van der Waals surface area contributed by atoms with Crippen LogP contribution in [0.4, 0.5) is 13.2 Å². The van der Waals surface area contributed by atoms with Gasteiger partial charge in [-0.25, -0.2) is 8.42 Å². The second-order valence-electron chi connectivity index (χ2n) is 5.33. The van der Waals surface area contributed by atoms with E-state index < -0.39 is 22.6 Å². The number of nitrogens with one attached hydrogen (secondary N) is 1. The summed E-state index contributed by atoms with van der Waals surface area (Å²) >= 11 is 0. The molecule has 0 aromatic heterocycles. The molecule has 0 amide bonds. The van der Waals surface area contributed by atoms with Crippen LogP contribution in [0, 0.1) is 0 Å². The zero-order chi connectivity index (χ0) is 14.7. The Labute approximate surface area is 112 Å². The van der Waals surface area contributed by atoms with Gasteiger partial charge in [-0.3, -0.25) is 4.90 Å². The SMILES string of the molecule is CC(CS(C)(=O)=O)NC1CCN(CC(F)(F)F)CC1. The van der Waals surface area contributed by atoms with Crippen LogP contribution in [0.25, 0.3) is 0 Å². The van der Waals surface area contributed by atoms with Crippen molar-refractivity contribution in [2.75, 3.05) is 31.6 Å². The number of nitrogens with zero attached hydrogens (tertiary/aromatic N) is 1. The molecule has 114 valence electrons. The van der Waals surface area contributed by atoms with Crippen molar-refractivity contribution in [1.29, 1.82) is 0 Å². The molecule has 0 saturated carbocycles. The Balaban J connectivity index is 2.30. The zero-order valence-electron chi connectivity index (χ0n) is 11.2. The van der Waals surface area contributed by atoms with Crippen LogP contribution in [0.2, 0.25) is 0 Å². The van der Waals surface area contributed by atoms with E-state index in [1.165, 1.54) is 11.2 Å². The number of hydrogen-bond acceptors (Lipinski definition) is 4. The van der Waals surface area contributed by atoms with Gasteiger partial charge < -0.3 is 5.32 Å². The largest absolute Gasteiger partial charge is 0.401 e. The Kier molecular flexibility index (Phi) is 5.64. The highest BCUT2D eigenvalue weighted by atomic mass is 32.2. The van der Waals surface area contributed by atoms with Crippen LogP contribution in [-0.4, -0.2) is 63.2 Å². The summed E-state index contributed by atoms with van der Waals surface area (Å²) in [6.45, 7) is 1.70. The Morgan fingerprint density at radius 2 is 1.84 bits per heavy atom. The second kappa shape index (κ2) is 6.41. The highest BCUT2D eigenvalue weighted by Crippen LogP contribution is 2.19. The third-order valence-electron chi connectivity index (χ3n) is 3.06. The maximum absolute atomic E-state index is 12.2. The van der Waals surface area contributed by atoms with Crippen LogP contribution in [0.1, 0.15) is 19.8 Å². The number of likely N-dealkylation sites (tertiary alicyclic amines) is 1. The summed E-state index contributed by atoms with van der Waals surface area (Å²) in [7, 11) is -3.03. The minimum atomic E-state index is -4.15. The molecule has 8 heteroatoms. The summed E-state index contributed by atoms with van der Waals surface area (Å²) in [5, 5.41) is 3.17. The number of sulfone groups is 1. The summed E-state index contributed by atoms with van der Waals surface area (Å²) in [5.74, 6) is 0.0514. The molecular formula is C11H21F3N2O2S. The van der Waals surface area contributed by atoms with Gasteiger partial charge in [-0.2, -0.15) is 13.2 Å². The van der Waals surface area contributed by atoms with Crippen molar-refractivity contribution in [1.82, 2.24) is 10.2 Å². The van der Waals surface area contributed by atoms with Crippen LogP contribution < -0.4 is 5.32 Å². The first-order chi connectivity index (χ1) is 8.55. The minimum absolute atomic E-state index is 0.0514. The average molecular weight is 302 g/mol. The van der Waals surface area contributed by atoms with E-state index in [9.17, 15) is 21.6 Å². The first-order valence-electron chi connectivity index (χ1n) is 6.28. The normalized spacial score (nSPS) is 21.5. The van der Waals surface area contributed by atoms with E-state index in [2.05, 4.69) is 5.32 Å². The molecule has 1 heterocycles. The lowest BCUT2D eigenvalue weighted by molar-refractivity contribution is -0.148.